The van der Waals surface area contributed by atoms with Crippen LogP contribution in [0.15, 0.2) is 72.9 Å². The van der Waals surface area contributed by atoms with Crippen LogP contribution in [0.4, 0.5) is 29.6 Å². The second-order valence-electron chi connectivity index (χ2n) is 7.47. The van der Waals surface area contributed by atoms with Gasteiger partial charge < -0.3 is 15.2 Å². The van der Waals surface area contributed by atoms with Crippen LogP contribution in [0.25, 0.3) is 22.4 Å². The van der Waals surface area contributed by atoms with Crippen LogP contribution >= 0.6 is 11.6 Å². The first-order valence-corrected chi connectivity index (χ1v) is 10.8. The van der Waals surface area contributed by atoms with E-state index in [2.05, 4.69) is 20.6 Å². The number of aromatic nitrogens is 2. The first-order valence-electron chi connectivity index (χ1n) is 10.4. The fourth-order valence-corrected chi connectivity index (χ4v) is 3.61. The molecule has 0 unspecified atom stereocenters. The number of ether oxygens (including phenoxy) is 1. The fraction of sp³-hybridized carbons (Fsp3) is 0.0800. The van der Waals surface area contributed by atoms with Gasteiger partial charge in [0.05, 0.1) is 23.4 Å². The number of benzene rings is 3. The number of anilines is 2. The van der Waals surface area contributed by atoms with Crippen molar-refractivity contribution in [2.75, 3.05) is 17.7 Å². The van der Waals surface area contributed by atoms with Crippen LogP contribution in [-0.4, -0.2) is 28.2 Å². The van der Waals surface area contributed by atoms with E-state index in [-0.39, 0.29) is 17.4 Å². The Labute approximate surface area is 208 Å². The van der Waals surface area contributed by atoms with Gasteiger partial charge in [0.1, 0.15) is 11.5 Å². The molecule has 7 nitrogen and oxygen atoms in total. The van der Waals surface area contributed by atoms with E-state index >= 15 is 0 Å². The number of para-hydroxylation sites is 1. The van der Waals surface area contributed by atoms with Gasteiger partial charge in [0.2, 0.25) is 5.95 Å². The summed E-state index contributed by atoms with van der Waals surface area (Å²) in [4.78, 5) is 21.1. The molecule has 2 amide bonds. The number of nitrogens with zero attached hydrogens (tertiary/aromatic N) is 2. The molecule has 0 aliphatic rings. The molecule has 0 atom stereocenters. The van der Waals surface area contributed by atoms with Gasteiger partial charge in [-0.1, -0.05) is 35.9 Å². The summed E-state index contributed by atoms with van der Waals surface area (Å²) >= 11 is 5.62. The number of alkyl halides is 3. The summed E-state index contributed by atoms with van der Waals surface area (Å²) in [5, 5.41) is 14.6. The molecule has 0 saturated carbocycles. The topological polar surface area (TPSA) is 96.4 Å². The number of phenolic OH excluding ortho intramolecular Hbond substituents is 1. The average molecular weight is 515 g/mol. The molecule has 1 aromatic heterocycles. The van der Waals surface area contributed by atoms with Crippen LogP contribution in [-0.2, 0) is 6.18 Å². The lowest BCUT2D eigenvalue weighted by molar-refractivity contribution is -0.137. The first kappa shape index (κ1) is 24.8. The molecular weight excluding hydrogens is 497 g/mol. The molecule has 0 fully saturated rings. The molecule has 0 aliphatic carbocycles. The first-order chi connectivity index (χ1) is 17.2. The number of phenols is 1. The van der Waals surface area contributed by atoms with Crippen LogP contribution in [0.3, 0.4) is 0 Å². The molecule has 3 aromatic carbocycles. The van der Waals surface area contributed by atoms with Crippen molar-refractivity contribution in [1.82, 2.24) is 9.97 Å². The minimum atomic E-state index is -4.68. The number of methoxy groups -OCH3 is 1. The SMILES string of the molecule is COc1ccc(-c2cnc(NC(=O)Nc3ccc(Cl)c(C(F)(F)F)c3)nc2-c2ccccc2O)cc1. The van der Waals surface area contributed by atoms with Crippen molar-refractivity contribution in [2.24, 2.45) is 0 Å². The number of urea groups is 1. The molecule has 3 N–H and O–H groups in total. The molecule has 0 radical (unpaired) electrons. The Hall–Kier alpha value is -4.31. The van der Waals surface area contributed by atoms with Gasteiger partial charge in [-0.25, -0.2) is 14.8 Å². The van der Waals surface area contributed by atoms with Crippen LogP contribution < -0.4 is 15.4 Å². The minimum absolute atomic E-state index is 0.0396. The molecule has 184 valence electrons. The summed E-state index contributed by atoms with van der Waals surface area (Å²) in [6.45, 7) is 0. The molecule has 4 aromatic rings. The van der Waals surface area contributed by atoms with E-state index < -0.39 is 22.8 Å². The zero-order valence-electron chi connectivity index (χ0n) is 18.6. The molecule has 0 spiro atoms. The quantitative estimate of drug-likeness (QED) is 0.271. The van der Waals surface area contributed by atoms with Gasteiger partial charge in [0, 0.05) is 23.0 Å². The average Bonchev–Trinajstić information content (AvgIpc) is 2.85. The summed E-state index contributed by atoms with van der Waals surface area (Å²) < 4.78 is 44.5. The maximum absolute atomic E-state index is 13.1. The predicted octanol–water partition coefficient (Wildman–Crippen LogP) is 6.84. The Bertz CT molecular complexity index is 1410. The third-order valence-corrected chi connectivity index (χ3v) is 5.43. The van der Waals surface area contributed by atoms with Crippen molar-refractivity contribution in [3.63, 3.8) is 0 Å². The zero-order valence-corrected chi connectivity index (χ0v) is 19.4. The summed E-state index contributed by atoms with van der Waals surface area (Å²) in [5.41, 5.74) is 0.809. The Morgan fingerprint density at radius 3 is 2.39 bits per heavy atom. The zero-order chi connectivity index (χ0) is 25.9. The number of nitrogens with one attached hydrogen (secondary N) is 2. The van der Waals surface area contributed by atoms with Crippen LogP contribution in [0.1, 0.15) is 5.56 Å². The van der Waals surface area contributed by atoms with Gasteiger partial charge >= 0.3 is 12.2 Å². The maximum Gasteiger partial charge on any atom is 0.417 e. The smallest absolute Gasteiger partial charge is 0.417 e. The van der Waals surface area contributed by atoms with E-state index in [1.54, 1.807) is 49.6 Å². The van der Waals surface area contributed by atoms with Gasteiger partial charge in [-0.3, -0.25) is 5.32 Å². The minimum Gasteiger partial charge on any atom is -0.507 e. The molecule has 0 aliphatic heterocycles. The highest BCUT2D eigenvalue weighted by molar-refractivity contribution is 6.31. The Morgan fingerprint density at radius 1 is 1.00 bits per heavy atom. The van der Waals surface area contributed by atoms with E-state index in [1.165, 1.54) is 18.3 Å². The summed E-state index contributed by atoms with van der Waals surface area (Å²) in [5.74, 6) is 0.477. The molecule has 36 heavy (non-hydrogen) atoms. The van der Waals surface area contributed by atoms with Crippen molar-refractivity contribution in [1.29, 1.82) is 0 Å². The number of amides is 2. The Balaban J connectivity index is 1.65. The van der Waals surface area contributed by atoms with E-state index in [1.807, 2.05) is 0 Å². The number of halogens is 4. The van der Waals surface area contributed by atoms with Gasteiger partial charge in [-0.2, -0.15) is 13.2 Å². The summed E-state index contributed by atoms with van der Waals surface area (Å²) in [7, 11) is 1.55. The Kier molecular flexibility index (Phi) is 6.98. The highest BCUT2D eigenvalue weighted by Gasteiger charge is 2.33. The number of aromatic hydroxyl groups is 1. The number of hydrogen-bond donors (Lipinski definition) is 3. The largest absolute Gasteiger partial charge is 0.507 e. The van der Waals surface area contributed by atoms with Gasteiger partial charge in [-0.05, 0) is 48.0 Å². The number of carbonyl (C=O) groups excluding carboxylic acids is 1. The lowest BCUT2D eigenvalue weighted by Gasteiger charge is -2.14. The standard InChI is InChI=1S/C25H18ClF3N4O3/c1-36-16-9-6-14(7-10-16)18-13-30-23(32-22(18)17-4-2-3-5-21(17)34)33-24(35)31-15-8-11-20(26)19(12-15)25(27,28)29/h2-13,34H,1H3,(H2,30,31,32,33,35). The van der Waals surface area contributed by atoms with Crippen molar-refractivity contribution in [2.45, 2.75) is 6.18 Å². The van der Waals surface area contributed by atoms with Crippen LogP contribution in [0.2, 0.25) is 5.02 Å². The maximum atomic E-state index is 13.1. The van der Waals surface area contributed by atoms with Crippen molar-refractivity contribution >= 4 is 29.3 Å². The van der Waals surface area contributed by atoms with E-state index in [9.17, 15) is 23.1 Å². The molecule has 11 heteroatoms. The van der Waals surface area contributed by atoms with Gasteiger partial charge in [0.25, 0.3) is 0 Å². The predicted molar refractivity (Wildman–Crippen MR) is 130 cm³/mol. The molecule has 1 heterocycles. The molecular formula is C25H18ClF3N4O3. The normalized spacial score (nSPS) is 11.1. The summed E-state index contributed by atoms with van der Waals surface area (Å²) in [6.07, 6.45) is -3.21. The van der Waals surface area contributed by atoms with Crippen molar-refractivity contribution < 1.29 is 27.8 Å². The molecule has 0 saturated heterocycles. The van der Waals surface area contributed by atoms with E-state index in [4.69, 9.17) is 16.3 Å². The lowest BCUT2D eigenvalue weighted by atomic mass is 10.00. The summed E-state index contributed by atoms with van der Waals surface area (Å²) in [6, 6.07) is 15.7. The molecule has 4 rings (SSSR count). The van der Waals surface area contributed by atoms with Gasteiger partial charge in [-0.15, -0.1) is 0 Å². The second kappa shape index (κ2) is 10.1. The second-order valence-corrected chi connectivity index (χ2v) is 7.88. The highest BCUT2D eigenvalue weighted by atomic mass is 35.5. The third-order valence-electron chi connectivity index (χ3n) is 5.10. The molecule has 0 bridgehead atoms. The third kappa shape index (κ3) is 5.49. The highest BCUT2D eigenvalue weighted by Crippen LogP contribution is 2.37. The number of rotatable bonds is 5. The van der Waals surface area contributed by atoms with Crippen molar-refractivity contribution in [3.8, 4) is 33.9 Å². The van der Waals surface area contributed by atoms with Crippen molar-refractivity contribution in [3.05, 3.63) is 83.5 Å². The monoisotopic (exact) mass is 514 g/mol. The van der Waals surface area contributed by atoms with Gasteiger partial charge in [0.15, 0.2) is 0 Å². The number of hydrogen-bond acceptors (Lipinski definition) is 5. The lowest BCUT2D eigenvalue weighted by Crippen LogP contribution is -2.21. The van der Waals surface area contributed by atoms with Crippen LogP contribution in [0.5, 0.6) is 11.5 Å². The van der Waals surface area contributed by atoms with E-state index in [0.717, 1.165) is 17.7 Å². The van der Waals surface area contributed by atoms with E-state index in [0.29, 0.717) is 22.6 Å². The Morgan fingerprint density at radius 2 is 1.72 bits per heavy atom. The van der Waals surface area contributed by atoms with Crippen LogP contribution in [0, 0.1) is 0 Å². The number of carbonyl (C=O) groups is 1. The fourth-order valence-electron chi connectivity index (χ4n) is 3.39.